The molecule has 2 aromatic carbocycles. The van der Waals surface area contributed by atoms with E-state index < -0.39 is 17.9 Å². The van der Waals surface area contributed by atoms with E-state index >= 15 is 0 Å². The van der Waals surface area contributed by atoms with E-state index in [0.717, 1.165) is 5.56 Å². The molecule has 3 N–H and O–H groups in total. The highest BCUT2D eigenvalue weighted by Crippen LogP contribution is 2.13. The summed E-state index contributed by atoms with van der Waals surface area (Å²) < 4.78 is 5.38. The maximum Gasteiger partial charge on any atom is 0.258 e. The molecule has 1 atom stereocenters. The molecule has 2 rings (SSSR count). The van der Waals surface area contributed by atoms with Crippen molar-refractivity contribution in [3.63, 3.8) is 0 Å². The molecule has 0 aromatic heterocycles. The van der Waals surface area contributed by atoms with Crippen LogP contribution >= 0.6 is 0 Å². The van der Waals surface area contributed by atoms with Gasteiger partial charge in [0.2, 0.25) is 5.91 Å². The van der Waals surface area contributed by atoms with E-state index in [0.29, 0.717) is 11.3 Å². The molecule has 2 amide bonds. The van der Waals surface area contributed by atoms with Crippen molar-refractivity contribution in [3.8, 4) is 5.75 Å². The SMILES string of the molecule is Cc1ccc(OCC(=O)N[C@H](C(N)=O)c2ccccc2)cc1. The summed E-state index contributed by atoms with van der Waals surface area (Å²) in [6.45, 7) is 1.79. The molecule has 114 valence electrons. The van der Waals surface area contributed by atoms with Crippen LogP contribution in [-0.4, -0.2) is 18.4 Å². The normalized spacial score (nSPS) is 11.5. The average molecular weight is 298 g/mol. The standard InChI is InChI=1S/C17H18N2O3/c1-12-7-9-14(10-8-12)22-11-15(20)19-16(17(18)21)13-5-3-2-4-6-13/h2-10,16H,11H2,1H3,(H2,18,21)(H,19,20)/t16-/m0/s1. The first-order valence-corrected chi connectivity index (χ1v) is 6.89. The Labute approximate surface area is 129 Å². The second-order valence-corrected chi connectivity index (χ2v) is 4.92. The summed E-state index contributed by atoms with van der Waals surface area (Å²) in [6.07, 6.45) is 0. The minimum absolute atomic E-state index is 0.181. The van der Waals surface area contributed by atoms with Gasteiger partial charge in [-0.25, -0.2) is 0 Å². The number of nitrogens with two attached hydrogens (primary N) is 1. The molecule has 0 aliphatic heterocycles. The van der Waals surface area contributed by atoms with Gasteiger partial charge in [-0.2, -0.15) is 0 Å². The van der Waals surface area contributed by atoms with Gasteiger partial charge in [0.05, 0.1) is 0 Å². The number of carbonyl (C=O) groups is 2. The van der Waals surface area contributed by atoms with Gasteiger partial charge < -0.3 is 15.8 Å². The summed E-state index contributed by atoms with van der Waals surface area (Å²) in [4.78, 5) is 23.4. The van der Waals surface area contributed by atoms with Crippen LogP contribution in [0.1, 0.15) is 17.2 Å². The van der Waals surface area contributed by atoms with E-state index in [2.05, 4.69) is 5.32 Å². The topological polar surface area (TPSA) is 81.4 Å². The van der Waals surface area contributed by atoms with Crippen LogP contribution in [0.15, 0.2) is 54.6 Å². The maximum absolute atomic E-state index is 11.9. The predicted octanol–water partition coefficient (Wildman–Crippen LogP) is 1.72. The molecule has 0 spiro atoms. The molecular formula is C17H18N2O3. The molecular weight excluding hydrogens is 280 g/mol. The summed E-state index contributed by atoms with van der Waals surface area (Å²) >= 11 is 0. The first-order valence-electron chi connectivity index (χ1n) is 6.89. The highest BCUT2D eigenvalue weighted by Gasteiger charge is 2.20. The third-order valence-corrected chi connectivity index (χ3v) is 3.11. The zero-order valence-electron chi connectivity index (χ0n) is 12.3. The Balaban J connectivity index is 1.94. The number of carbonyl (C=O) groups excluding carboxylic acids is 2. The smallest absolute Gasteiger partial charge is 0.258 e. The number of rotatable bonds is 6. The number of hydrogen-bond acceptors (Lipinski definition) is 3. The molecule has 0 saturated carbocycles. The molecule has 5 nitrogen and oxygen atoms in total. The first kappa shape index (κ1) is 15.6. The minimum Gasteiger partial charge on any atom is -0.484 e. The summed E-state index contributed by atoms with van der Waals surface area (Å²) in [7, 11) is 0. The van der Waals surface area contributed by atoms with Crippen LogP contribution in [0.5, 0.6) is 5.75 Å². The van der Waals surface area contributed by atoms with E-state index in [1.807, 2.05) is 25.1 Å². The molecule has 0 bridgehead atoms. The van der Waals surface area contributed by atoms with Crippen LogP contribution < -0.4 is 15.8 Å². The van der Waals surface area contributed by atoms with Gasteiger partial charge in [-0.3, -0.25) is 9.59 Å². The highest BCUT2D eigenvalue weighted by atomic mass is 16.5. The van der Waals surface area contributed by atoms with Crippen LogP contribution in [-0.2, 0) is 9.59 Å². The van der Waals surface area contributed by atoms with Crippen molar-refractivity contribution < 1.29 is 14.3 Å². The first-order chi connectivity index (χ1) is 10.6. The minimum atomic E-state index is -0.865. The third-order valence-electron chi connectivity index (χ3n) is 3.11. The Hall–Kier alpha value is -2.82. The van der Waals surface area contributed by atoms with E-state index in [4.69, 9.17) is 10.5 Å². The monoisotopic (exact) mass is 298 g/mol. The van der Waals surface area contributed by atoms with Gasteiger partial charge in [0.15, 0.2) is 6.61 Å². The number of aryl methyl sites for hydroxylation is 1. The number of hydrogen-bond donors (Lipinski definition) is 2. The number of amides is 2. The number of nitrogens with one attached hydrogen (secondary N) is 1. The molecule has 0 aliphatic rings. The molecule has 0 fully saturated rings. The summed E-state index contributed by atoms with van der Waals surface area (Å²) in [5.74, 6) is -0.431. The second-order valence-electron chi connectivity index (χ2n) is 4.92. The third kappa shape index (κ3) is 4.34. The van der Waals surface area contributed by atoms with Crippen molar-refractivity contribution in [2.24, 2.45) is 5.73 Å². The fraction of sp³-hybridized carbons (Fsp3) is 0.176. The number of primary amides is 1. The fourth-order valence-corrected chi connectivity index (χ4v) is 1.95. The van der Waals surface area contributed by atoms with E-state index in [-0.39, 0.29) is 6.61 Å². The number of ether oxygens (including phenoxy) is 1. The molecule has 0 unspecified atom stereocenters. The number of benzene rings is 2. The maximum atomic E-state index is 11.9. The zero-order valence-corrected chi connectivity index (χ0v) is 12.3. The molecule has 2 aromatic rings. The average Bonchev–Trinajstić information content (AvgIpc) is 2.52. The molecule has 22 heavy (non-hydrogen) atoms. The van der Waals surface area contributed by atoms with Crippen molar-refractivity contribution in [1.29, 1.82) is 0 Å². The highest BCUT2D eigenvalue weighted by molar-refractivity contribution is 5.88. The predicted molar refractivity (Wildman–Crippen MR) is 83.2 cm³/mol. The summed E-state index contributed by atoms with van der Waals surface area (Å²) in [6, 6.07) is 15.3. The largest absolute Gasteiger partial charge is 0.484 e. The Bertz CT molecular complexity index is 639. The van der Waals surface area contributed by atoms with Gasteiger partial charge in [0.25, 0.3) is 5.91 Å². The van der Waals surface area contributed by atoms with E-state index in [1.165, 1.54) is 0 Å². The summed E-state index contributed by atoms with van der Waals surface area (Å²) in [5.41, 5.74) is 7.09. The van der Waals surface area contributed by atoms with Crippen LogP contribution in [0.25, 0.3) is 0 Å². The Morgan fingerprint density at radius 3 is 2.32 bits per heavy atom. The lowest BCUT2D eigenvalue weighted by molar-refractivity contribution is -0.128. The lowest BCUT2D eigenvalue weighted by Crippen LogP contribution is -2.39. The van der Waals surface area contributed by atoms with E-state index in [9.17, 15) is 9.59 Å². The van der Waals surface area contributed by atoms with Crippen molar-refractivity contribution >= 4 is 11.8 Å². The molecule has 0 heterocycles. The Kier molecular flexibility index (Phi) is 5.14. The summed E-state index contributed by atoms with van der Waals surface area (Å²) in [5, 5.41) is 2.58. The van der Waals surface area contributed by atoms with Crippen LogP contribution in [0, 0.1) is 6.92 Å². The second kappa shape index (κ2) is 7.26. The fourth-order valence-electron chi connectivity index (χ4n) is 1.95. The van der Waals surface area contributed by atoms with Crippen LogP contribution in [0.4, 0.5) is 0 Å². The van der Waals surface area contributed by atoms with Gasteiger partial charge >= 0.3 is 0 Å². The van der Waals surface area contributed by atoms with Crippen molar-refractivity contribution in [2.75, 3.05) is 6.61 Å². The van der Waals surface area contributed by atoms with Gasteiger partial charge in [-0.1, -0.05) is 48.0 Å². The molecule has 0 saturated heterocycles. The lowest BCUT2D eigenvalue weighted by atomic mass is 10.1. The van der Waals surface area contributed by atoms with Gasteiger partial charge in [0, 0.05) is 0 Å². The van der Waals surface area contributed by atoms with E-state index in [1.54, 1.807) is 36.4 Å². The van der Waals surface area contributed by atoms with Gasteiger partial charge in [-0.15, -0.1) is 0 Å². The Morgan fingerprint density at radius 2 is 1.73 bits per heavy atom. The van der Waals surface area contributed by atoms with Crippen molar-refractivity contribution in [3.05, 3.63) is 65.7 Å². The lowest BCUT2D eigenvalue weighted by Gasteiger charge is -2.16. The van der Waals surface area contributed by atoms with Crippen LogP contribution in [0.3, 0.4) is 0 Å². The zero-order chi connectivity index (χ0) is 15.9. The van der Waals surface area contributed by atoms with Crippen molar-refractivity contribution in [2.45, 2.75) is 13.0 Å². The van der Waals surface area contributed by atoms with Gasteiger partial charge in [0.1, 0.15) is 11.8 Å². The molecule has 0 aliphatic carbocycles. The quantitative estimate of drug-likeness (QED) is 0.852. The van der Waals surface area contributed by atoms with Crippen LogP contribution in [0.2, 0.25) is 0 Å². The van der Waals surface area contributed by atoms with Gasteiger partial charge in [-0.05, 0) is 24.6 Å². The van der Waals surface area contributed by atoms with Crippen molar-refractivity contribution in [1.82, 2.24) is 5.32 Å². The Morgan fingerprint density at radius 1 is 1.09 bits per heavy atom. The molecule has 5 heteroatoms. The molecule has 0 radical (unpaired) electrons.